The van der Waals surface area contributed by atoms with Gasteiger partial charge in [0.2, 0.25) is 5.91 Å². The van der Waals surface area contributed by atoms with Crippen LogP contribution in [-0.2, 0) is 14.3 Å². The first-order valence-corrected chi connectivity index (χ1v) is 27.9. The molecule has 374 valence electrons. The van der Waals surface area contributed by atoms with Gasteiger partial charge in [0.25, 0.3) is 0 Å². The van der Waals surface area contributed by atoms with E-state index in [4.69, 9.17) is 4.74 Å². The van der Waals surface area contributed by atoms with Crippen LogP contribution in [0.1, 0.15) is 284 Å². The van der Waals surface area contributed by atoms with Crippen LogP contribution in [0.5, 0.6) is 0 Å². The first-order valence-electron chi connectivity index (χ1n) is 27.9. The van der Waals surface area contributed by atoms with E-state index in [1.807, 2.05) is 6.08 Å². The van der Waals surface area contributed by atoms with Gasteiger partial charge in [0.15, 0.2) is 0 Å². The van der Waals surface area contributed by atoms with Crippen LogP contribution in [0.3, 0.4) is 0 Å². The maximum absolute atomic E-state index is 12.4. The lowest BCUT2D eigenvalue weighted by Crippen LogP contribution is -2.45. The SMILES string of the molecule is CCCCC/C=C\C/C=C\CCCCCCCCCC(=O)OCCCCCCCC/C=C\C/C=C\CCC(=O)NC(CO)C(O)CCCCCCCCCCCCCCCCCCC. The number of aliphatic hydroxyl groups excluding tert-OH is 2. The van der Waals surface area contributed by atoms with Crippen LogP contribution < -0.4 is 5.32 Å². The number of rotatable bonds is 51. The highest BCUT2D eigenvalue weighted by atomic mass is 16.5. The molecular weight excluding hydrogens is 791 g/mol. The molecule has 3 N–H and O–H groups in total. The second-order valence-electron chi connectivity index (χ2n) is 18.9. The van der Waals surface area contributed by atoms with E-state index >= 15 is 0 Å². The summed E-state index contributed by atoms with van der Waals surface area (Å²) in [6.07, 6.45) is 66.7. The summed E-state index contributed by atoms with van der Waals surface area (Å²) in [5.74, 6) is -0.141. The minimum absolute atomic E-state index is 0.0250. The molecule has 0 aromatic heterocycles. The molecule has 1 amide bonds. The standard InChI is InChI=1S/C58H107NO5/c1-3-5-7-9-11-13-15-17-19-21-23-26-30-34-38-42-46-50-56(61)55(54-60)59-57(62)51-47-43-39-35-31-27-25-29-33-37-41-45-49-53-64-58(63)52-48-44-40-36-32-28-24-22-20-18-16-14-12-10-8-6-4-2/h12,14,18,20,27,31,39,43,55-56,60-61H,3-11,13,15-17,19,21-26,28-30,32-38,40-42,44-54H2,1-2H3,(H,59,62)/b14-12-,20-18-,31-27-,43-39-. The van der Waals surface area contributed by atoms with E-state index in [2.05, 4.69) is 61.7 Å². The average molecular weight is 898 g/mol. The minimum Gasteiger partial charge on any atom is -0.466 e. The first kappa shape index (κ1) is 61.8. The van der Waals surface area contributed by atoms with Crippen molar-refractivity contribution in [1.82, 2.24) is 5.32 Å². The van der Waals surface area contributed by atoms with Gasteiger partial charge in [-0.3, -0.25) is 9.59 Å². The number of carbonyl (C=O) groups excluding carboxylic acids is 2. The number of ether oxygens (including phenoxy) is 1. The summed E-state index contributed by atoms with van der Waals surface area (Å²) in [5, 5.41) is 23.2. The number of esters is 1. The van der Waals surface area contributed by atoms with E-state index in [0.717, 1.165) is 57.8 Å². The number of aliphatic hydroxyl groups is 2. The zero-order chi connectivity index (χ0) is 46.5. The lowest BCUT2D eigenvalue weighted by atomic mass is 10.0. The van der Waals surface area contributed by atoms with Gasteiger partial charge in [0, 0.05) is 12.8 Å². The van der Waals surface area contributed by atoms with Crippen LogP contribution in [0.2, 0.25) is 0 Å². The van der Waals surface area contributed by atoms with Crippen molar-refractivity contribution in [3.8, 4) is 0 Å². The number of hydrogen-bond donors (Lipinski definition) is 3. The molecule has 0 heterocycles. The van der Waals surface area contributed by atoms with Crippen LogP contribution in [0.15, 0.2) is 48.6 Å². The van der Waals surface area contributed by atoms with Crippen LogP contribution in [0.4, 0.5) is 0 Å². The predicted molar refractivity (Wildman–Crippen MR) is 278 cm³/mol. The molecule has 0 fully saturated rings. The highest BCUT2D eigenvalue weighted by molar-refractivity contribution is 5.76. The van der Waals surface area contributed by atoms with E-state index in [-0.39, 0.29) is 18.5 Å². The van der Waals surface area contributed by atoms with Gasteiger partial charge in [-0.2, -0.15) is 0 Å². The Labute approximate surface area is 397 Å². The molecule has 6 heteroatoms. The third-order valence-corrected chi connectivity index (χ3v) is 12.6. The van der Waals surface area contributed by atoms with E-state index in [9.17, 15) is 19.8 Å². The summed E-state index contributed by atoms with van der Waals surface area (Å²) in [7, 11) is 0. The van der Waals surface area contributed by atoms with E-state index < -0.39 is 12.1 Å². The van der Waals surface area contributed by atoms with Gasteiger partial charge in [0.05, 0.1) is 25.4 Å². The third kappa shape index (κ3) is 49.3. The second kappa shape index (κ2) is 53.4. The van der Waals surface area contributed by atoms with E-state index in [0.29, 0.717) is 32.3 Å². The Morgan fingerprint density at radius 1 is 0.438 bits per heavy atom. The van der Waals surface area contributed by atoms with Gasteiger partial charge in [-0.1, -0.05) is 242 Å². The summed E-state index contributed by atoms with van der Waals surface area (Å²) < 4.78 is 5.46. The lowest BCUT2D eigenvalue weighted by Gasteiger charge is -2.22. The van der Waals surface area contributed by atoms with Crippen LogP contribution in [0, 0.1) is 0 Å². The number of nitrogens with one attached hydrogen (secondary N) is 1. The molecule has 6 nitrogen and oxygen atoms in total. The predicted octanol–water partition coefficient (Wildman–Crippen LogP) is 17.0. The van der Waals surface area contributed by atoms with E-state index in [1.54, 1.807) is 0 Å². The second-order valence-corrected chi connectivity index (χ2v) is 18.9. The summed E-state index contributed by atoms with van der Waals surface area (Å²) >= 11 is 0. The fourth-order valence-corrected chi connectivity index (χ4v) is 8.31. The molecule has 0 saturated carbocycles. The molecule has 0 aliphatic carbocycles. The Morgan fingerprint density at radius 3 is 1.25 bits per heavy atom. The molecule has 0 aromatic carbocycles. The topological polar surface area (TPSA) is 95.9 Å². The number of allylic oxidation sites excluding steroid dienone is 8. The maximum atomic E-state index is 12.4. The summed E-state index contributed by atoms with van der Waals surface area (Å²) in [5.41, 5.74) is 0. The van der Waals surface area contributed by atoms with Gasteiger partial charge in [0.1, 0.15) is 0 Å². The summed E-state index contributed by atoms with van der Waals surface area (Å²) in [6.45, 7) is 4.86. The Hall–Kier alpha value is -2.18. The number of unbranched alkanes of at least 4 members (excludes halogenated alkanes) is 32. The van der Waals surface area contributed by atoms with Crippen molar-refractivity contribution in [2.75, 3.05) is 13.2 Å². The smallest absolute Gasteiger partial charge is 0.305 e. The van der Waals surface area contributed by atoms with Crippen molar-refractivity contribution in [2.24, 2.45) is 0 Å². The number of carbonyl (C=O) groups is 2. The van der Waals surface area contributed by atoms with Gasteiger partial charge in [-0.25, -0.2) is 0 Å². The molecule has 64 heavy (non-hydrogen) atoms. The van der Waals surface area contributed by atoms with Crippen molar-refractivity contribution in [3.05, 3.63) is 48.6 Å². The average Bonchev–Trinajstić information content (AvgIpc) is 3.29. The Balaban J connectivity index is 3.55. The highest BCUT2D eigenvalue weighted by Crippen LogP contribution is 2.16. The maximum Gasteiger partial charge on any atom is 0.305 e. The Morgan fingerprint density at radius 2 is 0.797 bits per heavy atom. The molecule has 2 unspecified atom stereocenters. The largest absolute Gasteiger partial charge is 0.466 e. The summed E-state index contributed by atoms with van der Waals surface area (Å²) in [4.78, 5) is 24.5. The molecule has 0 saturated heterocycles. The van der Waals surface area contributed by atoms with Crippen molar-refractivity contribution in [2.45, 2.75) is 296 Å². The molecule has 0 spiro atoms. The molecule has 0 bridgehead atoms. The minimum atomic E-state index is -0.700. The molecule has 2 atom stereocenters. The number of hydrogen-bond acceptors (Lipinski definition) is 5. The molecule has 0 aliphatic heterocycles. The van der Waals surface area contributed by atoms with Gasteiger partial charge in [-0.05, 0) is 77.0 Å². The monoisotopic (exact) mass is 898 g/mol. The molecular formula is C58H107NO5. The van der Waals surface area contributed by atoms with Crippen LogP contribution >= 0.6 is 0 Å². The van der Waals surface area contributed by atoms with Crippen molar-refractivity contribution in [1.29, 1.82) is 0 Å². The van der Waals surface area contributed by atoms with E-state index in [1.165, 1.54) is 186 Å². The van der Waals surface area contributed by atoms with Crippen LogP contribution in [-0.4, -0.2) is 47.4 Å². The third-order valence-electron chi connectivity index (χ3n) is 12.6. The molecule has 0 aromatic rings. The zero-order valence-corrected chi connectivity index (χ0v) is 42.5. The number of amides is 1. The van der Waals surface area contributed by atoms with Crippen LogP contribution in [0.25, 0.3) is 0 Å². The molecule has 0 rings (SSSR count). The van der Waals surface area contributed by atoms with Gasteiger partial charge in [-0.15, -0.1) is 0 Å². The van der Waals surface area contributed by atoms with Gasteiger partial charge >= 0.3 is 5.97 Å². The van der Waals surface area contributed by atoms with Crippen molar-refractivity contribution < 1.29 is 24.5 Å². The fourth-order valence-electron chi connectivity index (χ4n) is 8.31. The fraction of sp³-hybridized carbons (Fsp3) is 0.828. The first-order chi connectivity index (χ1) is 31.5. The Bertz CT molecular complexity index is 1080. The summed E-state index contributed by atoms with van der Waals surface area (Å²) in [6, 6.07) is -0.587. The molecule has 0 radical (unpaired) electrons. The quantitative estimate of drug-likeness (QED) is 0.0321. The van der Waals surface area contributed by atoms with Crippen molar-refractivity contribution >= 4 is 11.9 Å². The highest BCUT2D eigenvalue weighted by Gasteiger charge is 2.19. The normalized spacial score (nSPS) is 13.0. The Kier molecular flexibility index (Phi) is 51.6. The van der Waals surface area contributed by atoms with Crippen molar-refractivity contribution in [3.63, 3.8) is 0 Å². The van der Waals surface area contributed by atoms with Gasteiger partial charge < -0.3 is 20.3 Å². The zero-order valence-electron chi connectivity index (χ0n) is 42.5. The molecule has 0 aliphatic rings. The lowest BCUT2D eigenvalue weighted by molar-refractivity contribution is -0.143.